The first-order chi connectivity index (χ1) is 22.2. The summed E-state index contributed by atoms with van der Waals surface area (Å²) in [5, 5.41) is 0. The van der Waals surface area contributed by atoms with E-state index in [9.17, 15) is 33.6 Å². The van der Waals surface area contributed by atoms with Gasteiger partial charge in [-0.05, 0) is 19.6 Å². The van der Waals surface area contributed by atoms with Gasteiger partial charge >= 0.3 is 41.8 Å². The quantitative estimate of drug-likeness (QED) is 0.144. The predicted octanol–water partition coefficient (Wildman–Crippen LogP) is 0.458. The second-order valence-corrected chi connectivity index (χ2v) is 16.4. The summed E-state index contributed by atoms with van der Waals surface area (Å²) in [6.07, 6.45) is -14.3. The molecule has 272 valence electrons. The zero-order chi connectivity index (χ0) is 36.5. The molecule has 0 N–H and O–H groups in total. The third-order valence-electron chi connectivity index (χ3n) is 6.34. The van der Waals surface area contributed by atoms with Crippen molar-refractivity contribution in [2.75, 3.05) is 13.2 Å². The lowest BCUT2D eigenvalue weighted by atomic mass is 9.97. The van der Waals surface area contributed by atoms with Crippen molar-refractivity contribution < 1.29 is 85.4 Å². The van der Waals surface area contributed by atoms with Gasteiger partial charge in [-0.3, -0.25) is 33.6 Å². The molecular formula is C29H44O18Si. The molecule has 10 atom stereocenters. The van der Waals surface area contributed by atoms with Crippen molar-refractivity contribution in [3.63, 3.8) is 0 Å². The van der Waals surface area contributed by atoms with Gasteiger partial charge in [0.2, 0.25) is 12.4 Å². The molecule has 1 unspecified atom stereocenters. The van der Waals surface area contributed by atoms with E-state index < -0.39 is 118 Å². The molecule has 0 aromatic heterocycles. The molecule has 0 saturated carbocycles. The molecule has 18 nitrogen and oxygen atoms in total. The first-order valence-electron chi connectivity index (χ1n) is 15.0. The molecule has 48 heavy (non-hydrogen) atoms. The summed E-state index contributed by atoms with van der Waals surface area (Å²) >= 11 is 0. The molecule has 0 radical (unpaired) electrons. The van der Waals surface area contributed by atoms with E-state index >= 15 is 0 Å². The Bertz CT molecular complexity index is 1200. The molecular weight excluding hydrogens is 664 g/mol. The average molecular weight is 709 g/mol. The Morgan fingerprint density at radius 2 is 0.833 bits per heavy atom. The third kappa shape index (κ3) is 12.8. The van der Waals surface area contributed by atoms with Gasteiger partial charge in [0.1, 0.15) is 24.9 Å². The number of esters is 7. The fraction of sp³-hybridized carbons (Fsp3) is 0.759. The molecule has 0 aliphatic carbocycles. The molecule has 19 heteroatoms. The molecule has 0 spiro atoms. The molecule has 2 fully saturated rings. The van der Waals surface area contributed by atoms with Gasteiger partial charge in [0.15, 0.2) is 39.0 Å². The van der Waals surface area contributed by atoms with Crippen LogP contribution in [0.2, 0.25) is 19.6 Å². The summed E-state index contributed by atoms with van der Waals surface area (Å²) in [4.78, 5) is 84.5. The zero-order valence-corrected chi connectivity index (χ0v) is 29.5. The Morgan fingerprint density at radius 3 is 1.27 bits per heavy atom. The van der Waals surface area contributed by atoms with Crippen LogP contribution in [-0.2, 0) is 85.4 Å². The maximum Gasteiger partial charge on any atom is 0.305 e. The first kappa shape index (κ1) is 40.5. The third-order valence-corrected chi connectivity index (χ3v) is 7.32. The smallest absolute Gasteiger partial charge is 0.305 e. The van der Waals surface area contributed by atoms with E-state index in [-0.39, 0.29) is 6.61 Å². The lowest BCUT2D eigenvalue weighted by Gasteiger charge is -2.47. The van der Waals surface area contributed by atoms with E-state index in [2.05, 4.69) is 0 Å². The molecule has 2 heterocycles. The zero-order valence-electron chi connectivity index (χ0n) is 28.5. The Hall–Kier alpha value is -3.65. The Morgan fingerprint density at radius 1 is 0.458 bits per heavy atom. The van der Waals surface area contributed by atoms with Crippen LogP contribution in [-0.4, -0.2) is 125 Å². The minimum absolute atomic E-state index is 0.377. The highest BCUT2D eigenvalue weighted by atomic mass is 28.4. The van der Waals surface area contributed by atoms with E-state index in [1.165, 1.54) is 6.92 Å². The van der Waals surface area contributed by atoms with Crippen LogP contribution in [0.1, 0.15) is 48.5 Å². The minimum Gasteiger partial charge on any atom is -0.463 e. The molecule has 0 bridgehead atoms. The number of carbonyl (C=O) groups excluding carboxylic acids is 7. The maximum atomic E-state index is 12.3. The molecule has 2 saturated heterocycles. The van der Waals surface area contributed by atoms with Crippen molar-refractivity contribution in [3.05, 3.63) is 0 Å². The number of hydrogen-bond acceptors (Lipinski definition) is 18. The van der Waals surface area contributed by atoms with Crippen molar-refractivity contribution in [2.45, 2.75) is 130 Å². The van der Waals surface area contributed by atoms with Gasteiger partial charge in [0.25, 0.3) is 0 Å². The van der Waals surface area contributed by atoms with Gasteiger partial charge in [0.05, 0.1) is 6.61 Å². The SMILES string of the molecule is CC(=O)OC[C@H]1O[C@H](OC[C@H]2OC(OC(C)=O)[C@H](OC(C)=O)[C@@H](OC(C)=O)[C@@H]2OC(C)=O)[C@H](OC(C)=O)[C@@H](OC(C)=O)[C@H]1O[Si](C)(C)C. The van der Waals surface area contributed by atoms with Gasteiger partial charge in [-0.2, -0.15) is 0 Å². The highest BCUT2D eigenvalue weighted by molar-refractivity contribution is 6.69. The highest BCUT2D eigenvalue weighted by Gasteiger charge is 2.56. The van der Waals surface area contributed by atoms with Crippen LogP contribution >= 0.6 is 0 Å². The summed E-state index contributed by atoms with van der Waals surface area (Å²) < 4.78 is 61.9. The molecule has 0 aromatic rings. The summed E-state index contributed by atoms with van der Waals surface area (Å²) in [5.41, 5.74) is 0. The normalized spacial score (nSPS) is 30.2. The van der Waals surface area contributed by atoms with Crippen molar-refractivity contribution >= 4 is 50.1 Å². The summed E-state index contributed by atoms with van der Waals surface area (Å²) in [5.74, 6) is -5.66. The fourth-order valence-corrected chi connectivity index (χ4v) is 6.08. The maximum absolute atomic E-state index is 12.3. The van der Waals surface area contributed by atoms with Gasteiger partial charge in [-0.25, -0.2) is 0 Å². The van der Waals surface area contributed by atoms with Crippen molar-refractivity contribution in [1.29, 1.82) is 0 Å². The van der Waals surface area contributed by atoms with Gasteiger partial charge in [-0.1, -0.05) is 0 Å². The van der Waals surface area contributed by atoms with E-state index in [4.69, 9.17) is 51.8 Å². The highest BCUT2D eigenvalue weighted by Crippen LogP contribution is 2.34. The van der Waals surface area contributed by atoms with Crippen LogP contribution in [0.3, 0.4) is 0 Å². The minimum atomic E-state index is -2.44. The van der Waals surface area contributed by atoms with Crippen LogP contribution < -0.4 is 0 Å². The van der Waals surface area contributed by atoms with E-state index in [1.807, 2.05) is 19.6 Å². The fourth-order valence-electron chi connectivity index (χ4n) is 4.98. The lowest BCUT2D eigenvalue weighted by Crippen LogP contribution is -2.65. The Kier molecular flexibility index (Phi) is 14.9. The van der Waals surface area contributed by atoms with Crippen LogP contribution in [0.15, 0.2) is 0 Å². The first-order valence-corrected chi connectivity index (χ1v) is 18.4. The molecule has 0 amide bonds. The predicted molar refractivity (Wildman–Crippen MR) is 158 cm³/mol. The van der Waals surface area contributed by atoms with E-state index in [0.717, 1.165) is 41.5 Å². The monoisotopic (exact) mass is 708 g/mol. The molecule has 0 aromatic carbocycles. The Balaban J connectivity index is 2.58. The van der Waals surface area contributed by atoms with Gasteiger partial charge in [0, 0.05) is 48.5 Å². The summed E-state index contributed by atoms with van der Waals surface area (Å²) in [7, 11) is -2.44. The van der Waals surface area contributed by atoms with Crippen LogP contribution in [0.25, 0.3) is 0 Å². The number of ether oxygens (including phenoxy) is 10. The molecule has 2 rings (SSSR count). The van der Waals surface area contributed by atoms with E-state index in [0.29, 0.717) is 0 Å². The lowest BCUT2D eigenvalue weighted by molar-refractivity contribution is -0.329. The van der Waals surface area contributed by atoms with Gasteiger partial charge in [-0.15, -0.1) is 0 Å². The van der Waals surface area contributed by atoms with E-state index in [1.54, 1.807) is 0 Å². The number of hydrogen-bond donors (Lipinski definition) is 0. The van der Waals surface area contributed by atoms with Gasteiger partial charge < -0.3 is 51.8 Å². The number of rotatable bonds is 13. The largest absolute Gasteiger partial charge is 0.463 e. The van der Waals surface area contributed by atoms with Crippen LogP contribution in [0, 0.1) is 0 Å². The average Bonchev–Trinajstić information content (AvgIpc) is 2.90. The van der Waals surface area contributed by atoms with Crippen molar-refractivity contribution in [3.8, 4) is 0 Å². The van der Waals surface area contributed by atoms with Crippen molar-refractivity contribution in [1.82, 2.24) is 0 Å². The summed E-state index contributed by atoms with van der Waals surface area (Å²) in [6.45, 7) is 12.2. The van der Waals surface area contributed by atoms with Crippen LogP contribution in [0.4, 0.5) is 0 Å². The second-order valence-electron chi connectivity index (χ2n) is 11.9. The number of carbonyl (C=O) groups is 7. The topological polar surface area (TPSA) is 221 Å². The molecule has 2 aliphatic rings. The second kappa shape index (κ2) is 17.7. The van der Waals surface area contributed by atoms with Crippen molar-refractivity contribution in [2.24, 2.45) is 0 Å². The molecule has 2 aliphatic heterocycles. The van der Waals surface area contributed by atoms with Crippen LogP contribution in [0.5, 0.6) is 0 Å². The standard InChI is InChI=1S/C29H44O18Si/c1-13(30)37-11-21-23(47-48(8,9)10)25(41-16(4)33)26(42-17(5)34)28(45-21)38-12-20-22(39-14(2)31)24(40-15(3)32)27(43-18(6)35)29(46-20)44-19(7)36/h20-29H,11-12H2,1-10H3/t20-,21-,22-,23+,24+,25+,26-,27-,28+,29?/m1/s1. The Labute approximate surface area is 278 Å². The summed E-state index contributed by atoms with van der Waals surface area (Å²) in [6, 6.07) is 0.